The molecule has 39 heavy (non-hydrogen) atoms. The van der Waals surface area contributed by atoms with Gasteiger partial charge in [0.15, 0.2) is 0 Å². The Labute approximate surface area is 232 Å². The van der Waals surface area contributed by atoms with Crippen LogP contribution in [-0.2, 0) is 11.2 Å². The molecule has 0 spiro atoms. The summed E-state index contributed by atoms with van der Waals surface area (Å²) in [7, 11) is 0. The Morgan fingerprint density at radius 1 is 1.23 bits per heavy atom. The van der Waals surface area contributed by atoms with E-state index in [1.807, 2.05) is 49.2 Å². The number of nitriles is 1. The van der Waals surface area contributed by atoms with E-state index < -0.39 is 5.97 Å². The third-order valence-corrected chi connectivity index (χ3v) is 8.49. The molecule has 2 amide bonds. The van der Waals surface area contributed by atoms with Crippen LogP contribution in [0.2, 0.25) is 0 Å². The Morgan fingerprint density at radius 3 is 2.74 bits per heavy atom. The minimum absolute atomic E-state index is 0.0146. The highest BCUT2D eigenvalue weighted by molar-refractivity contribution is 7.18. The van der Waals surface area contributed by atoms with Crippen LogP contribution in [0.5, 0.6) is 5.75 Å². The molecule has 1 saturated heterocycles. The lowest BCUT2D eigenvalue weighted by Crippen LogP contribution is -2.45. The Bertz CT molecular complexity index is 1420. The topological polar surface area (TPSA) is 116 Å². The molecule has 0 radical (unpaired) electrons. The van der Waals surface area contributed by atoms with Crippen molar-refractivity contribution in [3.8, 4) is 32.8 Å². The van der Waals surface area contributed by atoms with Crippen molar-refractivity contribution < 1.29 is 19.4 Å². The SMILES string of the molecule is CC(C)Oc1ccc(-c2ncc(-c3cccc4c3CC[C@H]4NC(=O)N3CCC(CC(=O)O)CC3)s2)cc1C#N. The summed E-state index contributed by atoms with van der Waals surface area (Å²) >= 11 is 1.59. The first kappa shape index (κ1) is 26.7. The number of piperidine rings is 1. The number of hydrogen-bond donors (Lipinski definition) is 2. The number of aromatic nitrogens is 1. The molecule has 2 heterocycles. The Morgan fingerprint density at radius 2 is 2.03 bits per heavy atom. The number of carbonyl (C=O) groups is 2. The van der Waals surface area contributed by atoms with Crippen LogP contribution in [0.25, 0.3) is 21.0 Å². The lowest BCUT2D eigenvalue weighted by molar-refractivity contribution is -0.138. The fourth-order valence-corrected chi connectivity index (χ4v) is 6.47. The molecular formula is C30H32N4O4S. The standard InChI is InChI=1S/C30H32N4O4S/c1-18(2)38-26-9-6-20(15-21(26)16-31)29-32-17-27(39-29)24-5-3-4-23-22(24)7-8-25(23)33-30(37)34-12-10-19(11-13-34)14-28(35)36/h3-6,9,15,17-19,25H,7-8,10-14H2,1-2H3,(H,33,37)(H,35,36)/t25-/m1/s1. The Balaban J connectivity index is 1.29. The third-order valence-electron chi connectivity index (χ3n) is 7.41. The quantitative estimate of drug-likeness (QED) is 0.376. The Kier molecular flexibility index (Phi) is 7.84. The number of aliphatic carboxylic acids is 1. The normalized spacial score (nSPS) is 17.1. The van der Waals surface area contributed by atoms with Crippen molar-refractivity contribution in [1.82, 2.24) is 15.2 Å². The van der Waals surface area contributed by atoms with Crippen molar-refractivity contribution in [1.29, 1.82) is 5.26 Å². The van der Waals surface area contributed by atoms with Gasteiger partial charge in [-0.3, -0.25) is 4.79 Å². The van der Waals surface area contributed by atoms with Crippen molar-refractivity contribution in [2.24, 2.45) is 5.92 Å². The summed E-state index contributed by atoms with van der Waals surface area (Å²) in [6, 6.07) is 13.9. The lowest BCUT2D eigenvalue weighted by atomic mass is 9.94. The number of amides is 2. The van der Waals surface area contributed by atoms with Gasteiger partial charge in [-0.1, -0.05) is 18.2 Å². The zero-order valence-electron chi connectivity index (χ0n) is 22.1. The number of thiazole rings is 1. The molecule has 5 rings (SSSR count). The highest BCUT2D eigenvalue weighted by Gasteiger charge is 2.30. The second kappa shape index (κ2) is 11.5. The molecule has 2 N–H and O–H groups in total. The first-order valence-electron chi connectivity index (χ1n) is 13.4. The van der Waals surface area contributed by atoms with E-state index in [-0.39, 0.29) is 30.5 Å². The highest BCUT2D eigenvalue weighted by atomic mass is 32.1. The average molecular weight is 545 g/mol. The van der Waals surface area contributed by atoms with Crippen LogP contribution < -0.4 is 10.1 Å². The largest absolute Gasteiger partial charge is 0.490 e. The number of nitrogens with zero attached hydrogens (tertiary/aromatic N) is 3. The number of rotatable bonds is 7. The molecule has 2 aromatic carbocycles. The van der Waals surface area contributed by atoms with Gasteiger partial charge in [0.05, 0.1) is 22.6 Å². The van der Waals surface area contributed by atoms with Gasteiger partial charge in [0, 0.05) is 31.3 Å². The number of carboxylic acids is 1. The smallest absolute Gasteiger partial charge is 0.317 e. The monoisotopic (exact) mass is 544 g/mol. The van der Waals surface area contributed by atoms with E-state index in [2.05, 4.69) is 28.5 Å². The van der Waals surface area contributed by atoms with E-state index in [1.54, 1.807) is 11.3 Å². The molecule has 1 aliphatic carbocycles. The van der Waals surface area contributed by atoms with Gasteiger partial charge in [0.1, 0.15) is 16.8 Å². The number of fused-ring (bicyclic) bond motifs is 1. The molecule has 1 aromatic heterocycles. The van der Waals surface area contributed by atoms with Gasteiger partial charge in [-0.25, -0.2) is 9.78 Å². The van der Waals surface area contributed by atoms with Crippen LogP contribution >= 0.6 is 11.3 Å². The summed E-state index contributed by atoms with van der Waals surface area (Å²) in [6.45, 7) is 5.04. The first-order chi connectivity index (χ1) is 18.8. The number of nitrogens with one attached hydrogen (secondary N) is 1. The summed E-state index contributed by atoms with van der Waals surface area (Å²) in [4.78, 5) is 31.5. The minimum Gasteiger partial charge on any atom is -0.490 e. The van der Waals surface area contributed by atoms with Gasteiger partial charge in [-0.15, -0.1) is 11.3 Å². The summed E-state index contributed by atoms with van der Waals surface area (Å²) < 4.78 is 5.75. The Hall–Kier alpha value is -3.90. The summed E-state index contributed by atoms with van der Waals surface area (Å²) in [5.74, 6) is -0.0552. The molecule has 0 unspecified atom stereocenters. The first-order valence-corrected chi connectivity index (χ1v) is 14.2. The van der Waals surface area contributed by atoms with Crippen molar-refractivity contribution in [3.05, 3.63) is 59.3 Å². The van der Waals surface area contributed by atoms with Gasteiger partial charge in [-0.2, -0.15) is 5.26 Å². The maximum Gasteiger partial charge on any atom is 0.317 e. The van der Waals surface area contributed by atoms with Gasteiger partial charge in [0.25, 0.3) is 0 Å². The molecule has 0 bridgehead atoms. The van der Waals surface area contributed by atoms with Crippen LogP contribution in [0.4, 0.5) is 4.79 Å². The second-order valence-corrected chi connectivity index (χ2v) is 11.5. The third kappa shape index (κ3) is 5.91. The zero-order valence-corrected chi connectivity index (χ0v) is 23.0. The predicted molar refractivity (Wildman–Crippen MR) is 150 cm³/mol. The molecule has 3 aromatic rings. The van der Waals surface area contributed by atoms with Crippen LogP contribution in [-0.4, -0.2) is 46.2 Å². The lowest BCUT2D eigenvalue weighted by Gasteiger charge is -2.32. The number of hydrogen-bond acceptors (Lipinski definition) is 6. The van der Waals surface area contributed by atoms with Gasteiger partial charge >= 0.3 is 12.0 Å². The summed E-state index contributed by atoms with van der Waals surface area (Å²) in [6.07, 6.45) is 5.19. The van der Waals surface area contributed by atoms with Crippen LogP contribution in [0.3, 0.4) is 0 Å². The number of carbonyl (C=O) groups excluding carboxylic acids is 1. The number of carboxylic acid groups (broad SMARTS) is 1. The molecule has 2 aliphatic rings. The van der Waals surface area contributed by atoms with Crippen LogP contribution in [0.1, 0.15) is 62.3 Å². The molecule has 202 valence electrons. The van der Waals surface area contributed by atoms with Gasteiger partial charge in [0.2, 0.25) is 0 Å². The highest BCUT2D eigenvalue weighted by Crippen LogP contribution is 2.41. The van der Waals surface area contributed by atoms with E-state index in [4.69, 9.17) is 9.84 Å². The van der Waals surface area contributed by atoms with Crippen molar-refractivity contribution in [2.75, 3.05) is 13.1 Å². The number of urea groups is 1. The minimum atomic E-state index is -0.773. The summed E-state index contributed by atoms with van der Waals surface area (Å²) in [5.41, 5.74) is 4.87. The van der Waals surface area contributed by atoms with E-state index in [1.165, 1.54) is 5.56 Å². The number of benzene rings is 2. The molecule has 8 nitrogen and oxygen atoms in total. The molecule has 1 aliphatic heterocycles. The van der Waals surface area contributed by atoms with Gasteiger partial charge < -0.3 is 20.1 Å². The van der Waals surface area contributed by atoms with Crippen LogP contribution in [0, 0.1) is 17.2 Å². The van der Waals surface area contributed by atoms with Crippen molar-refractivity contribution in [3.63, 3.8) is 0 Å². The van der Waals surface area contributed by atoms with Crippen molar-refractivity contribution >= 4 is 23.3 Å². The van der Waals surface area contributed by atoms with E-state index >= 15 is 0 Å². The fraction of sp³-hybridized carbons (Fsp3) is 0.400. The second-order valence-electron chi connectivity index (χ2n) is 10.5. The number of ether oxygens (including phenoxy) is 1. The van der Waals surface area contributed by atoms with E-state index in [0.717, 1.165) is 52.3 Å². The van der Waals surface area contributed by atoms with Crippen LogP contribution in [0.15, 0.2) is 42.6 Å². The van der Waals surface area contributed by atoms with Gasteiger partial charge in [-0.05, 0) is 80.3 Å². The number of likely N-dealkylation sites (tertiary alicyclic amines) is 1. The van der Waals surface area contributed by atoms with Crippen molar-refractivity contribution in [2.45, 2.75) is 58.1 Å². The summed E-state index contributed by atoms with van der Waals surface area (Å²) in [5, 5.41) is 22.7. The predicted octanol–water partition coefficient (Wildman–Crippen LogP) is 6.02. The van der Waals surface area contributed by atoms with E-state index in [9.17, 15) is 14.9 Å². The molecule has 9 heteroatoms. The molecule has 1 atom stereocenters. The van der Waals surface area contributed by atoms with E-state index in [0.29, 0.717) is 24.4 Å². The maximum atomic E-state index is 13.0. The molecular weight excluding hydrogens is 512 g/mol. The average Bonchev–Trinajstić information content (AvgIpc) is 3.56. The molecule has 0 saturated carbocycles. The fourth-order valence-electron chi connectivity index (χ4n) is 5.50. The molecule has 1 fully saturated rings. The maximum absolute atomic E-state index is 13.0. The zero-order chi connectivity index (χ0) is 27.5.